The smallest absolute Gasteiger partial charge is 0.118 e. The van der Waals surface area contributed by atoms with Gasteiger partial charge in [0.2, 0.25) is 0 Å². The van der Waals surface area contributed by atoms with Crippen molar-refractivity contribution in [3.63, 3.8) is 0 Å². The van der Waals surface area contributed by atoms with Gasteiger partial charge in [-0.3, -0.25) is 5.43 Å². The monoisotopic (exact) mass is 178 g/mol. The van der Waals surface area contributed by atoms with Crippen LogP contribution < -0.4 is 10.2 Å². The summed E-state index contributed by atoms with van der Waals surface area (Å²) in [4.78, 5) is 0. The number of ether oxygens (including phenoxy) is 1. The first kappa shape index (κ1) is 8.53. The number of hydrogen-bond acceptors (Lipinski definition) is 3. The van der Waals surface area contributed by atoms with Gasteiger partial charge in [0.25, 0.3) is 0 Å². The molecule has 3 nitrogen and oxygen atoms in total. The molecule has 1 aromatic carbocycles. The van der Waals surface area contributed by atoms with Crippen LogP contribution in [-0.2, 0) is 6.54 Å². The maximum absolute atomic E-state index is 5.08. The number of methoxy groups -OCH3 is 1. The van der Waals surface area contributed by atoms with Gasteiger partial charge >= 0.3 is 0 Å². The summed E-state index contributed by atoms with van der Waals surface area (Å²) in [5.74, 6) is 0.912. The Labute approximate surface area is 78.3 Å². The van der Waals surface area contributed by atoms with Crippen molar-refractivity contribution in [2.45, 2.75) is 6.54 Å². The summed E-state index contributed by atoms with van der Waals surface area (Å²) in [6, 6.07) is 8.13. The molecule has 3 heteroatoms. The second kappa shape index (κ2) is 3.77. The van der Waals surface area contributed by atoms with Crippen LogP contribution in [0.5, 0.6) is 5.75 Å². The molecule has 0 atom stereocenters. The molecule has 13 heavy (non-hydrogen) atoms. The minimum absolute atomic E-state index is 0.907. The SMILES string of the molecule is COc1ccc(CNN2CC2)cc1. The first-order valence-corrected chi connectivity index (χ1v) is 4.50. The molecular weight excluding hydrogens is 164 g/mol. The summed E-state index contributed by atoms with van der Waals surface area (Å²) in [7, 11) is 1.68. The van der Waals surface area contributed by atoms with Crippen molar-refractivity contribution in [1.29, 1.82) is 0 Å². The number of hydrazine groups is 1. The van der Waals surface area contributed by atoms with Crippen molar-refractivity contribution >= 4 is 0 Å². The fourth-order valence-electron chi connectivity index (χ4n) is 1.15. The van der Waals surface area contributed by atoms with Crippen LogP contribution in [0, 0.1) is 0 Å². The van der Waals surface area contributed by atoms with Gasteiger partial charge in [0.05, 0.1) is 7.11 Å². The normalized spacial score (nSPS) is 15.8. The van der Waals surface area contributed by atoms with Crippen LogP contribution in [0.25, 0.3) is 0 Å². The Hall–Kier alpha value is -1.06. The molecule has 1 heterocycles. The van der Waals surface area contributed by atoms with E-state index in [1.165, 1.54) is 18.7 Å². The molecule has 0 radical (unpaired) electrons. The Morgan fingerprint density at radius 2 is 2.00 bits per heavy atom. The largest absolute Gasteiger partial charge is 0.497 e. The van der Waals surface area contributed by atoms with Gasteiger partial charge in [0.1, 0.15) is 5.75 Å². The predicted octanol–water partition coefficient (Wildman–Crippen LogP) is 1.02. The van der Waals surface area contributed by atoms with Gasteiger partial charge in [-0.2, -0.15) is 0 Å². The third kappa shape index (κ3) is 2.44. The highest BCUT2D eigenvalue weighted by molar-refractivity contribution is 5.26. The lowest BCUT2D eigenvalue weighted by atomic mass is 10.2. The highest BCUT2D eigenvalue weighted by Crippen LogP contribution is 2.11. The molecule has 0 bridgehead atoms. The van der Waals surface area contributed by atoms with E-state index in [0.29, 0.717) is 0 Å². The lowest BCUT2D eigenvalue weighted by Gasteiger charge is -2.05. The first-order chi connectivity index (χ1) is 6.38. The van der Waals surface area contributed by atoms with Crippen LogP contribution >= 0.6 is 0 Å². The van der Waals surface area contributed by atoms with Crippen LogP contribution in [-0.4, -0.2) is 25.2 Å². The molecule has 0 saturated carbocycles. The summed E-state index contributed by atoms with van der Waals surface area (Å²) in [6.07, 6.45) is 0. The van der Waals surface area contributed by atoms with Crippen molar-refractivity contribution < 1.29 is 4.74 Å². The minimum Gasteiger partial charge on any atom is -0.497 e. The molecule has 70 valence electrons. The molecule has 2 rings (SSSR count). The fourth-order valence-corrected chi connectivity index (χ4v) is 1.15. The Morgan fingerprint density at radius 1 is 1.31 bits per heavy atom. The maximum atomic E-state index is 5.08. The van der Waals surface area contributed by atoms with Crippen molar-refractivity contribution in [2.24, 2.45) is 0 Å². The van der Waals surface area contributed by atoms with E-state index >= 15 is 0 Å². The Bertz CT molecular complexity index is 267. The number of benzene rings is 1. The van der Waals surface area contributed by atoms with Crippen LogP contribution in [0.1, 0.15) is 5.56 Å². The van der Waals surface area contributed by atoms with E-state index in [4.69, 9.17) is 4.74 Å². The van der Waals surface area contributed by atoms with Gasteiger partial charge in [-0.1, -0.05) is 12.1 Å². The minimum atomic E-state index is 0.907. The van der Waals surface area contributed by atoms with E-state index in [0.717, 1.165) is 12.3 Å². The van der Waals surface area contributed by atoms with Gasteiger partial charge in [-0.25, -0.2) is 5.01 Å². The summed E-state index contributed by atoms with van der Waals surface area (Å²) in [5.41, 5.74) is 4.59. The number of nitrogens with zero attached hydrogens (tertiary/aromatic N) is 1. The van der Waals surface area contributed by atoms with Crippen LogP contribution in [0.2, 0.25) is 0 Å². The molecule has 1 aliphatic rings. The second-order valence-corrected chi connectivity index (χ2v) is 3.17. The van der Waals surface area contributed by atoms with Crippen molar-refractivity contribution in [2.75, 3.05) is 20.2 Å². The standard InChI is InChI=1S/C10H14N2O/c1-13-10-4-2-9(3-5-10)8-11-12-6-7-12/h2-5,11H,6-8H2,1H3. The summed E-state index contributed by atoms with van der Waals surface area (Å²) in [5, 5.41) is 2.18. The molecule has 0 spiro atoms. The lowest BCUT2D eigenvalue weighted by molar-refractivity contribution is 0.399. The molecule has 0 unspecified atom stereocenters. The van der Waals surface area contributed by atoms with E-state index in [2.05, 4.69) is 22.6 Å². The van der Waals surface area contributed by atoms with E-state index in [9.17, 15) is 0 Å². The van der Waals surface area contributed by atoms with Gasteiger partial charge in [0, 0.05) is 19.6 Å². The fraction of sp³-hybridized carbons (Fsp3) is 0.400. The zero-order valence-electron chi connectivity index (χ0n) is 7.79. The maximum Gasteiger partial charge on any atom is 0.118 e. The molecule has 1 N–H and O–H groups in total. The third-order valence-corrected chi connectivity index (χ3v) is 2.11. The Balaban J connectivity index is 1.88. The van der Waals surface area contributed by atoms with E-state index in [1.54, 1.807) is 7.11 Å². The van der Waals surface area contributed by atoms with Crippen molar-refractivity contribution in [3.05, 3.63) is 29.8 Å². The molecule has 1 fully saturated rings. The zero-order valence-corrected chi connectivity index (χ0v) is 7.79. The molecule has 1 aromatic rings. The summed E-state index contributed by atoms with van der Waals surface area (Å²) < 4.78 is 5.08. The molecule has 1 saturated heterocycles. The van der Waals surface area contributed by atoms with Gasteiger partial charge < -0.3 is 4.74 Å². The van der Waals surface area contributed by atoms with E-state index in [1.807, 2.05) is 12.1 Å². The highest BCUT2D eigenvalue weighted by Gasteiger charge is 2.15. The van der Waals surface area contributed by atoms with Crippen molar-refractivity contribution in [1.82, 2.24) is 10.4 Å². The molecule has 0 amide bonds. The topological polar surface area (TPSA) is 24.3 Å². The zero-order chi connectivity index (χ0) is 9.10. The van der Waals surface area contributed by atoms with Crippen LogP contribution in [0.3, 0.4) is 0 Å². The van der Waals surface area contributed by atoms with E-state index < -0.39 is 0 Å². The van der Waals surface area contributed by atoms with Crippen LogP contribution in [0.15, 0.2) is 24.3 Å². The van der Waals surface area contributed by atoms with Crippen LogP contribution in [0.4, 0.5) is 0 Å². The number of hydrogen-bond donors (Lipinski definition) is 1. The number of rotatable bonds is 4. The van der Waals surface area contributed by atoms with Gasteiger partial charge in [-0.15, -0.1) is 0 Å². The molecule has 1 aliphatic heterocycles. The third-order valence-electron chi connectivity index (χ3n) is 2.11. The predicted molar refractivity (Wildman–Crippen MR) is 51.4 cm³/mol. The number of nitrogens with one attached hydrogen (secondary N) is 1. The molecule has 0 aliphatic carbocycles. The lowest BCUT2D eigenvalue weighted by Crippen LogP contribution is -2.19. The average molecular weight is 178 g/mol. The van der Waals surface area contributed by atoms with Gasteiger partial charge in [-0.05, 0) is 17.7 Å². The molecule has 0 aromatic heterocycles. The van der Waals surface area contributed by atoms with E-state index in [-0.39, 0.29) is 0 Å². The quantitative estimate of drug-likeness (QED) is 0.696. The van der Waals surface area contributed by atoms with Crippen molar-refractivity contribution in [3.8, 4) is 5.75 Å². The average Bonchev–Trinajstić information content (AvgIpc) is 2.99. The summed E-state index contributed by atoms with van der Waals surface area (Å²) >= 11 is 0. The summed E-state index contributed by atoms with van der Waals surface area (Å²) in [6.45, 7) is 3.26. The molecular formula is C10H14N2O. The highest BCUT2D eigenvalue weighted by atomic mass is 16.5. The first-order valence-electron chi connectivity index (χ1n) is 4.50. The second-order valence-electron chi connectivity index (χ2n) is 3.17. The Kier molecular flexibility index (Phi) is 2.47. The Morgan fingerprint density at radius 3 is 2.54 bits per heavy atom. The van der Waals surface area contributed by atoms with Gasteiger partial charge in [0.15, 0.2) is 0 Å².